The third kappa shape index (κ3) is 4.92. The summed E-state index contributed by atoms with van der Waals surface area (Å²) in [4.78, 5) is 12.0. The Morgan fingerprint density at radius 3 is 3.05 bits per heavy atom. The minimum atomic E-state index is -0.575. The van der Waals surface area contributed by atoms with E-state index in [0.717, 1.165) is 19.3 Å². The number of benzene rings is 1. The van der Waals surface area contributed by atoms with Gasteiger partial charge in [-0.1, -0.05) is 17.7 Å². The summed E-state index contributed by atoms with van der Waals surface area (Å²) in [5.41, 5.74) is 1.97. The molecule has 1 N–H and O–H groups in total. The summed E-state index contributed by atoms with van der Waals surface area (Å²) in [6.07, 6.45) is 7.50. The van der Waals surface area contributed by atoms with Crippen LogP contribution in [0.15, 0.2) is 35.9 Å². The highest BCUT2D eigenvalue weighted by atomic mass is 16.5. The fraction of sp³-hybridized carbons (Fsp3) is 0.444. The van der Waals surface area contributed by atoms with Crippen LogP contribution >= 0.6 is 0 Å². The van der Waals surface area contributed by atoms with Gasteiger partial charge in [-0.2, -0.15) is 5.26 Å². The number of hydrogen-bond donors (Lipinski definition) is 1. The lowest BCUT2D eigenvalue weighted by molar-refractivity contribution is -0.127. The van der Waals surface area contributed by atoms with Crippen LogP contribution < -0.4 is 10.1 Å². The van der Waals surface area contributed by atoms with Crippen molar-refractivity contribution < 1.29 is 9.53 Å². The van der Waals surface area contributed by atoms with Crippen LogP contribution in [0.25, 0.3) is 0 Å². The second-order valence-electron chi connectivity index (χ2n) is 5.55. The summed E-state index contributed by atoms with van der Waals surface area (Å²) in [6.45, 7) is 2.37. The molecule has 1 aliphatic rings. The van der Waals surface area contributed by atoms with E-state index >= 15 is 0 Å². The lowest BCUT2D eigenvalue weighted by atomic mass is 9.97. The van der Waals surface area contributed by atoms with E-state index in [-0.39, 0.29) is 5.91 Å². The molecule has 1 unspecified atom stereocenters. The molecule has 0 aromatic heterocycles. The van der Waals surface area contributed by atoms with Crippen molar-refractivity contribution in [2.75, 3.05) is 6.54 Å². The molecular formula is C18H22N2O2. The predicted octanol–water partition coefficient (Wildman–Crippen LogP) is 3.33. The van der Waals surface area contributed by atoms with Crippen LogP contribution in [0.1, 0.15) is 44.6 Å². The molecule has 0 bridgehead atoms. The van der Waals surface area contributed by atoms with Gasteiger partial charge in [0.25, 0.3) is 5.91 Å². The van der Waals surface area contributed by atoms with Gasteiger partial charge in [0.05, 0.1) is 11.6 Å². The van der Waals surface area contributed by atoms with Crippen LogP contribution in [0.4, 0.5) is 0 Å². The predicted molar refractivity (Wildman–Crippen MR) is 85.4 cm³/mol. The van der Waals surface area contributed by atoms with E-state index in [4.69, 9.17) is 10.00 Å². The molecule has 4 heteroatoms. The molecule has 22 heavy (non-hydrogen) atoms. The summed E-state index contributed by atoms with van der Waals surface area (Å²) in [7, 11) is 0. The Hall–Kier alpha value is -2.28. The summed E-state index contributed by atoms with van der Waals surface area (Å²) in [6, 6.07) is 8.88. The molecule has 1 aromatic carbocycles. The Morgan fingerprint density at radius 1 is 1.45 bits per heavy atom. The highest BCUT2D eigenvalue weighted by Crippen LogP contribution is 2.19. The van der Waals surface area contributed by atoms with Gasteiger partial charge in [0.15, 0.2) is 6.10 Å². The third-order valence-corrected chi connectivity index (χ3v) is 3.78. The Kier molecular flexibility index (Phi) is 6.02. The maximum atomic E-state index is 12.0. The van der Waals surface area contributed by atoms with Gasteiger partial charge in [-0.25, -0.2) is 0 Å². The van der Waals surface area contributed by atoms with Gasteiger partial charge in [-0.3, -0.25) is 4.79 Å². The number of nitrogens with one attached hydrogen (secondary N) is 1. The molecule has 0 heterocycles. The Balaban J connectivity index is 1.76. The van der Waals surface area contributed by atoms with Crippen molar-refractivity contribution in [2.45, 2.75) is 45.1 Å². The number of hydrogen-bond acceptors (Lipinski definition) is 3. The molecule has 4 nitrogen and oxygen atoms in total. The zero-order valence-electron chi connectivity index (χ0n) is 13.0. The molecule has 116 valence electrons. The summed E-state index contributed by atoms with van der Waals surface area (Å²) >= 11 is 0. The molecule has 0 aliphatic heterocycles. The largest absolute Gasteiger partial charge is 0.481 e. The monoisotopic (exact) mass is 298 g/mol. The van der Waals surface area contributed by atoms with Crippen LogP contribution in [0, 0.1) is 11.3 Å². The van der Waals surface area contributed by atoms with Gasteiger partial charge in [0, 0.05) is 6.54 Å². The van der Waals surface area contributed by atoms with Gasteiger partial charge in [-0.15, -0.1) is 0 Å². The van der Waals surface area contributed by atoms with Crippen LogP contribution in [0.5, 0.6) is 5.75 Å². The van der Waals surface area contributed by atoms with Crippen LogP contribution in [0.2, 0.25) is 0 Å². The number of amides is 1. The zero-order valence-corrected chi connectivity index (χ0v) is 13.0. The van der Waals surface area contributed by atoms with E-state index in [1.807, 2.05) is 0 Å². The first-order valence-corrected chi connectivity index (χ1v) is 7.81. The van der Waals surface area contributed by atoms with Crippen molar-refractivity contribution in [2.24, 2.45) is 0 Å². The van der Waals surface area contributed by atoms with Crippen molar-refractivity contribution in [3.8, 4) is 11.8 Å². The second kappa shape index (κ2) is 8.23. The molecule has 0 fully saturated rings. The van der Waals surface area contributed by atoms with E-state index in [9.17, 15) is 4.79 Å². The maximum absolute atomic E-state index is 12.0. The maximum Gasteiger partial charge on any atom is 0.260 e. The van der Waals surface area contributed by atoms with Gasteiger partial charge >= 0.3 is 0 Å². The van der Waals surface area contributed by atoms with Crippen molar-refractivity contribution in [3.63, 3.8) is 0 Å². The zero-order chi connectivity index (χ0) is 15.8. The molecule has 1 amide bonds. The number of rotatable bonds is 6. The van der Waals surface area contributed by atoms with Crippen LogP contribution in [-0.4, -0.2) is 18.6 Å². The molecule has 0 radical (unpaired) electrons. The molecule has 0 saturated carbocycles. The van der Waals surface area contributed by atoms with E-state index in [0.29, 0.717) is 17.9 Å². The Morgan fingerprint density at radius 2 is 2.32 bits per heavy atom. The quantitative estimate of drug-likeness (QED) is 0.819. The van der Waals surface area contributed by atoms with E-state index in [2.05, 4.69) is 17.5 Å². The van der Waals surface area contributed by atoms with Gasteiger partial charge in [-0.05, 0) is 57.2 Å². The molecule has 1 aliphatic carbocycles. The molecule has 1 atom stereocenters. The number of nitrogens with zero attached hydrogens (tertiary/aromatic N) is 1. The number of carbonyl (C=O) groups excluding carboxylic acids is 1. The molecule has 1 aromatic rings. The van der Waals surface area contributed by atoms with E-state index < -0.39 is 6.10 Å². The number of allylic oxidation sites excluding steroid dienone is 1. The summed E-state index contributed by atoms with van der Waals surface area (Å²) in [5, 5.41) is 11.8. The molecule has 0 spiro atoms. The topological polar surface area (TPSA) is 62.1 Å². The highest BCUT2D eigenvalue weighted by Gasteiger charge is 2.14. The highest BCUT2D eigenvalue weighted by molar-refractivity contribution is 5.80. The second-order valence-corrected chi connectivity index (χ2v) is 5.55. The average Bonchev–Trinajstić information content (AvgIpc) is 2.56. The van der Waals surface area contributed by atoms with Crippen molar-refractivity contribution in [3.05, 3.63) is 41.5 Å². The smallest absolute Gasteiger partial charge is 0.260 e. The van der Waals surface area contributed by atoms with Crippen LogP contribution in [-0.2, 0) is 4.79 Å². The first-order valence-electron chi connectivity index (χ1n) is 7.81. The van der Waals surface area contributed by atoms with E-state index in [1.165, 1.54) is 18.4 Å². The fourth-order valence-electron chi connectivity index (χ4n) is 2.52. The van der Waals surface area contributed by atoms with Crippen molar-refractivity contribution >= 4 is 5.91 Å². The van der Waals surface area contributed by atoms with E-state index in [1.54, 1.807) is 31.2 Å². The van der Waals surface area contributed by atoms with Gasteiger partial charge in [0.1, 0.15) is 5.75 Å². The third-order valence-electron chi connectivity index (χ3n) is 3.78. The summed E-state index contributed by atoms with van der Waals surface area (Å²) < 4.78 is 5.58. The van der Waals surface area contributed by atoms with Crippen LogP contribution in [0.3, 0.4) is 0 Å². The average molecular weight is 298 g/mol. The lowest BCUT2D eigenvalue weighted by Crippen LogP contribution is -2.37. The first-order chi connectivity index (χ1) is 10.7. The fourth-order valence-corrected chi connectivity index (χ4v) is 2.52. The first kappa shape index (κ1) is 16.1. The molecular weight excluding hydrogens is 276 g/mol. The summed E-state index contributed by atoms with van der Waals surface area (Å²) in [5.74, 6) is 0.412. The Bertz CT molecular complexity index is 587. The van der Waals surface area contributed by atoms with Crippen molar-refractivity contribution in [1.82, 2.24) is 5.32 Å². The number of ether oxygens (including phenoxy) is 1. The molecule has 2 rings (SSSR count). The van der Waals surface area contributed by atoms with Gasteiger partial charge < -0.3 is 10.1 Å². The van der Waals surface area contributed by atoms with Gasteiger partial charge in [0.2, 0.25) is 0 Å². The SMILES string of the molecule is CC(Oc1cccc(C#N)c1)C(=O)NCCC1=CCCCC1. The minimum absolute atomic E-state index is 0.126. The standard InChI is InChI=1S/C18H22N2O2/c1-14(22-17-9-5-8-16(12-17)13-19)18(21)20-11-10-15-6-3-2-4-7-15/h5-6,8-9,12,14H,2-4,7,10-11H2,1H3,(H,20,21). The number of nitriles is 1. The van der Waals surface area contributed by atoms with Crippen molar-refractivity contribution in [1.29, 1.82) is 5.26 Å². The minimum Gasteiger partial charge on any atom is -0.481 e. The number of carbonyl (C=O) groups is 1. The Labute approximate surface area is 131 Å². The normalized spacial score (nSPS) is 15.4. The molecule has 0 saturated heterocycles. The lowest BCUT2D eigenvalue weighted by Gasteiger charge is -2.16.